The highest BCUT2D eigenvalue weighted by Crippen LogP contribution is 2.39. The fourth-order valence-corrected chi connectivity index (χ4v) is 3.56. The van der Waals surface area contributed by atoms with Crippen LogP contribution in [0.2, 0.25) is 0 Å². The molecule has 2 heterocycles. The number of carbonyl (C=O) groups excluding carboxylic acids is 1. The van der Waals surface area contributed by atoms with E-state index in [1.807, 2.05) is 47.6 Å². The first-order valence-corrected chi connectivity index (χ1v) is 8.85. The second-order valence-corrected chi connectivity index (χ2v) is 6.38. The molecule has 1 aromatic carbocycles. The molecule has 2 aromatic rings. The predicted molar refractivity (Wildman–Crippen MR) is 96.9 cm³/mol. The van der Waals surface area contributed by atoms with Crippen LogP contribution in [-0.4, -0.2) is 36.1 Å². The van der Waals surface area contributed by atoms with Gasteiger partial charge < -0.3 is 18.9 Å². The monoisotopic (exact) mass is 342 g/mol. The number of aromatic nitrogens is 1. The van der Waals surface area contributed by atoms with E-state index in [1.54, 1.807) is 14.2 Å². The molecule has 1 amide bonds. The van der Waals surface area contributed by atoms with Crippen LogP contribution in [0, 0.1) is 0 Å². The van der Waals surface area contributed by atoms with Crippen LogP contribution >= 0.6 is 0 Å². The standard InChI is InChI=1S/C20H26N2O3/c1-24-16-9-10-17(19(15-16)25-2)18-7-5-14-22(18)20(23)8-6-13-21-11-3-4-12-21/h3-4,9-12,15,18H,5-8,13-14H2,1-2H3/t18-/m0/s1. The lowest BCUT2D eigenvalue weighted by molar-refractivity contribution is -0.132. The second-order valence-electron chi connectivity index (χ2n) is 6.38. The minimum Gasteiger partial charge on any atom is -0.497 e. The summed E-state index contributed by atoms with van der Waals surface area (Å²) in [4.78, 5) is 14.7. The summed E-state index contributed by atoms with van der Waals surface area (Å²) in [6.07, 6.45) is 7.51. The van der Waals surface area contributed by atoms with E-state index in [-0.39, 0.29) is 11.9 Å². The highest BCUT2D eigenvalue weighted by atomic mass is 16.5. The molecular formula is C20H26N2O3. The van der Waals surface area contributed by atoms with Crippen LogP contribution in [0.25, 0.3) is 0 Å². The van der Waals surface area contributed by atoms with Crippen molar-refractivity contribution < 1.29 is 14.3 Å². The Morgan fingerprint density at radius 2 is 2.00 bits per heavy atom. The van der Waals surface area contributed by atoms with Crippen molar-refractivity contribution in [3.63, 3.8) is 0 Å². The average molecular weight is 342 g/mol. The minimum atomic E-state index is 0.0972. The molecule has 134 valence electrons. The third kappa shape index (κ3) is 3.98. The van der Waals surface area contributed by atoms with Gasteiger partial charge in [0, 0.05) is 43.5 Å². The van der Waals surface area contributed by atoms with Crippen molar-refractivity contribution in [2.24, 2.45) is 0 Å². The van der Waals surface area contributed by atoms with Gasteiger partial charge in [-0.05, 0) is 43.5 Å². The third-order valence-electron chi connectivity index (χ3n) is 4.85. The van der Waals surface area contributed by atoms with Crippen molar-refractivity contribution in [1.82, 2.24) is 9.47 Å². The van der Waals surface area contributed by atoms with Crippen LogP contribution in [0.3, 0.4) is 0 Å². The quantitative estimate of drug-likeness (QED) is 0.771. The molecule has 1 fully saturated rings. The van der Waals surface area contributed by atoms with E-state index in [4.69, 9.17) is 9.47 Å². The van der Waals surface area contributed by atoms with Crippen molar-refractivity contribution >= 4 is 5.91 Å². The molecule has 5 nitrogen and oxygen atoms in total. The molecule has 0 bridgehead atoms. The van der Waals surface area contributed by atoms with E-state index in [0.717, 1.165) is 49.4 Å². The number of nitrogens with zero attached hydrogens (tertiary/aromatic N) is 2. The van der Waals surface area contributed by atoms with E-state index >= 15 is 0 Å². The molecule has 1 aliphatic rings. The topological polar surface area (TPSA) is 43.7 Å². The molecular weight excluding hydrogens is 316 g/mol. The smallest absolute Gasteiger partial charge is 0.223 e. The number of rotatable bonds is 7. The van der Waals surface area contributed by atoms with Crippen molar-refractivity contribution in [2.75, 3.05) is 20.8 Å². The molecule has 0 saturated carbocycles. The maximum Gasteiger partial charge on any atom is 0.223 e. The summed E-state index contributed by atoms with van der Waals surface area (Å²) >= 11 is 0. The summed E-state index contributed by atoms with van der Waals surface area (Å²) in [6.45, 7) is 1.70. The number of likely N-dealkylation sites (tertiary alicyclic amines) is 1. The van der Waals surface area contributed by atoms with Gasteiger partial charge in [-0.15, -0.1) is 0 Å². The van der Waals surface area contributed by atoms with Crippen LogP contribution in [0.15, 0.2) is 42.7 Å². The normalized spacial score (nSPS) is 16.9. The van der Waals surface area contributed by atoms with Crippen LogP contribution in [0.4, 0.5) is 0 Å². The van der Waals surface area contributed by atoms with Crippen molar-refractivity contribution in [2.45, 2.75) is 38.3 Å². The summed E-state index contributed by atoms with van der Waals surface area (Å²) in [7, 11) is 3.31. The molecule has 0 radical (unpaired) electrons. The van der Waals surface area contributed by atoms with Gasteiger partial charge in [-0.25, -0.2) is 0 Å². The van der Waals surface area contributed by atoms with Crippen LogP contribution in [-0.2, 0) is 11.3 Å². The Hall–Kier alpha value is -2.43. The SMILES string of the molecule is COc1ccc([C@@H]2CCCN2C(=O)CCCn2cccc2)c(OC)c1. The third-order valence-corrected chi connectivity index (χ3v) is 4.85. The van der Waals surface area contributed by atoms with Gasteiger partial charge in [0.2, 0.25) is 5.91 Å². The molecule has 5 heteroatoms. The van der Waals surface area contributed by atoms with Gasteiger partial charge in [0.25, 0.3) is 0 Å². The van der Waals surface area contributed by atoms with Gasteiger partial charge in [0.15, 0.2) is 0 Å². The van der Waals surface area contributed by atoms with Gasteiger partial charge in [0.05, 0.1) is 20.3 Å². The summed E-state index contributed by atoms with van der Waals surface area (Å²) < 4.78 is 12.9. The lowest BCUT2D eigenvalue weighted by Crippen LogP contribution is -2.30. The van der Waals surface area contributed by atoms with E-state index < -0.39 is 0 Å². The highest BCUT2D eigenvalue weighted by molar-refractivity contribution is 5.77. The van der Waals surface area contributed by atoms with E-state index in [9.17, 15) is 4.79 Å². The Bertz CT molecular complexity index is 697. The Kier molecular flexibility index (Phi) is 5.64. The average Bonchev–Trinajstić information content (AvgIpc) is 3.32. The molecule has 0 aliphatic carbocycles. The van der Waals surface area contributed by atoms with Crippen LogP contribution < -0.4 is 9.47 Å². The summed E-state index contributed by atoms with van der Waals surface area (Å²) in [5.74, 6) is 1.78. The molecule has 3 rings (SSSR count). The summed E-state index contributed by atoms with van der Waals surface area (Å²) in [5, 5.41) is 0. The Morgan fingerprint density at radius 1 is 1.20 bits per heavy atom. The number of carbonyl (C=O) groups is 1. The zero-order valence-electron chi connectivity index (χ0n) is 15.0. The molecule has 1 atom stereocenters. The molecule has 0 unspecified atom stereocenters. The van der Waals surface area contributed by atoms with E-state index in [2.05, 4.69) is 4.57 Å². The van der Waals surface area contributed by atoms with Crippen molar-refractivity contribution in [3.05, 3.63) is 48.3 Å². The fourth-order valence-electron chi connectivity index (χ4n) is 3.56. The Labute approximate surface area is 149 Å². The van der Waals surface area contributed by atoms with Gasteiger partial charge in [-0.2, -0.15) is 0 Å². The first kappa shape index (κ1) is 17.4. The summed E-state index contributed by atoms with van der Waals surface area (Å²) in [5.41, 5.74) is 1.07. The van der Waals surface area contributed by atoms with Gasteiger partial charge in [-0.3, -0.25) is 4.79 Å². The zero-order chi connectivity index (χ0) is 17.6. The van der Waals surface area contributed by atoms with Gasteiger partial charge >= 0.3 is 0 Å². The number of methoxy groups -OCH3 is 2. The molecule has 1 aromatic heterocycles. The number of amides is 1. The molecule has 25 heavy (non-hydrogen) atoms. The first-order chi connectivity index (χ1) is 12.2. The number of benzene rings is 1. The highest BCUT2D eigenvalue weighted by Gasteiger charge is 2.31. The minimum absolute atomic E-state index is 0.0972. The van der Waals surface area contributed by atoms with E-state index in [0.29, 0.717) is 6.42 Å². The predicted octanol–water partition coefficient (Wildman–Crippen LogP) is 3.65. The molecule has 0 spiro atoms. The maximum absolute atomic E-state index is 12.7. The van der Waals surface area contributed by atoms with Crippen molar-refractivity contribution in [3.8, 4) is 11.5 Å². The summed E-state index contributed by atoms with van der Waals surface area (Å²) in [6, 6.07) is 9.96. The number of ether oxygens (including phenoxy) is 2. The van der Waals surface area contributed by atoms with Crippen LogP contribution in [0.5, 0.6) is 11.5 Å². The first-order valence-electron chi connectivity index (χ1n) is 8.85. The van der Waals surface area contributed by atoms with Gasteiger partial charge in [0.1, 0.15) is 11.5 Å². The number of hydrogen-bond acceptors (Lipinski definition) is 3. The molecule has 1 aliphatic heterocycles. The largest absolute Gasteiger partial charge is 0.497 e. The lowest BCUT2D eigenvalue weighted by atomic mass is 10.0. The van der Waals surface area contributed by atoms with Gasteiger partial charge in [-0.1, -0.05) is 0 Å². The van der Waals surface area contributed by atoms with Crippen molar-refractivity contribution in [1.29, 1.82) is 0 Å². The molecule has 0 N–H and O–H groups in total. The van der Waals surface area contributed by atoms with E-state index in [1.165, 1.54) is 0 Å². The lowest BCUT2D eigenvalue weighted by Gasteiger charge is -2.26. The molecule has 1 saturated heterocycles. The Balaban J connectivity index is 1.66. The second kappa shape index (κ2) is 8.10. The number of hydrogen-bond donors (Lipinski definition) is 0. The Morgan fingerprint density at radius 3 is 2.72 bits per heavy atom. The maximum atomic E-state index is 12.7. The number of aryl methyl sites for hydroxylation is 1. The van der Waals surface area contributed by atoms with Crippen LogP contribution in [0.1, 0.15) is 37.3 Å². The zero-order valence-corrected chi connectivity index (χ0v) is 15.0. The fraction of sp³-hybridized carbons (Fsp3) is 0.450.